The summed E-state index contributed by atoms with van der Waals surface area (Å²) in [6, 6.07) is 8.39. The third-order valence-corrected chi connectivity index (χ3v) is 5.72. The number of carbonyl (C=O) groups is 1. The van der Waals surface area contributed by atoms with Crippen molar-refractivity contribution in [2.75, 3.05) is 20.3 Å². The van der Waals surface area contributed by atoms with Gasteiger partial charge in [0.2, 0.25) is 5.89 Å². The smallest absolute Gasteiger partial charge is 0.273 e. The largest absolute Gasteiger partial charge is 0.497 e. The van der Waals surface area contributed by atoms with Crippen molar-refractivity contribution >= 4 is 5.91 Å². The molecule has 1 amide bonds. The van der Waals surface area contributed by atoms with Gasteiger partial charge in [-0.3, -0.25) is 9.69 Å². The highest BCUT2D eigenvalue weighted by Crippen LogP contribution is 2.20. The number of ether oxygens (including phenoxy) is 2. The zero-order chi connectivity index (χ0) is 21.5. The van der Waals surface area contributed by atoms with E-state index in [0.29, 0.717) is 36.6 Å². The van der Waals surface area contributed by atoms with Crippen LogP contribution in [-0.2, 0) is 17.8 Å². The molecule has 2 atom stereocenters. The quantitative estimate of drug-likeness (QED) is 0.638. The van der Waals surface area contributed by atoms with Crippen LogP contribution in [0.2, 0.25) is 0 Å². The molecular formula is C23H33N3O4. The zero-order valence-electron chi connectivity index (χ0n) is 18.4. The highest BCUT2D eigenvalue weighted by molar-refractivity contribution is 5.91. The van der Waals surface area contributed by atoms with E-state index in [0.717, 1.165) is 31.7 Å². The van der Waals surface area contributed by atoms with Gasteiger partial charge < -0.3 is 19.2 Å². The van der Waals surface area contributed by atoms with Gasteiger partial charge in [0.05, 0.1) is 19.8 Å². The molecular weight excluding hydrogens is 382 g/mol. The molecule has 0 radical (unpaired) electrons. The number of carbonyl (C=O) groups excluding carboxylic acids is 1. The lowest BCUT2D eigenvalue weighted by Gasteiger charge is -2.30. The van der Waals surface area contributed by atoms with Gasteiger partial charge >= 0.3 is 0 Å². The maximum Gasteiger partial charge on any atom is 0.273 e. The van der Waals surface area contributed by atoms with Crippen LogP contribution >= 0.6 is 0 Å². The van der Waals surface area contributed by atoms with Crippen LogP contribution in [0.4, 0.5) is 0 Å². The van der Waals surface area contributed by atoms with E-state index in [1.54, 1.807) is 7.11 Å². The summed E-state index contributed by atoms with van der Waals surface area (Å²) in [7, 11) is 1.67. The zero-order valence-corrected chi connectivity index (χ0v) is 18.4. The Balaban J connectivity index is 1.62. The van der Waals surface area contributed by atoms with Crippen molar-refractivity contribution in [1.29, 1.82) is 0 Å². The molecule has 2 aromatic rings. The van der Waals surface area contributed by atoms with E-state index < -0.39 is 0 Å². The Morgan fingerprint density at radius 2 is 2.03 bits per heavy atom. The molecule has 30 heavy (non-hydrogen) atoms. The fraction of sp³-hybridized carbons (Fsp3) is 0.565. The molecule has 7 nitrogen and oxygen atoms in total. The van der Waals surface area contributed by atoms with Gasteiger partial charge in [-0.2, -0.15) is 0 Å². The number of aromatic nitrogens is 1. The number of rotatable bonds is 10. The summed E-state index contributed by atoms with van der Waals surface area (Å²) in [6.07, 6.45) is 3.57. The fourth-order valence-electron chi connectivity index (χ4n) is 3.49. The molecule has 0 aliphatic carbocycles. The lowest BCUT2D eigenvalue weighted by atomic mass is 10.0. The molecule has 2 heterocycles. The molecule has 2 unspecified atom stereocenters. The minimum Gasteiger partial charge on any atom is -0.497 e. The van der Waals surface area contributed by atoms with Gasteiger partial charge in [-0.05, 0) is 43.4 Å². The number of hydrogen-bond acceptors (Lipinski definition) is 6. The first-order valence-corrected chi connectivity index (χ1v) is 10.7. The van der Waals surface area contributed by atoms with E-state index in [4.69, 9.17) is 13.9 Å². The van der Waals surface area contributed by atoms with Gasteiger partial charge in [0.15, 0.2) is 5.69 Å². The van der Waals surface area contributed by atoms with Gasteiger partial charge in [-0.15, -0.1) is 0 Å². The normalized spacial score (nSPS) is 17.5. The number of oxazole rings is 1. The van der Waals surface area contributed by atoms with Crippen molar-refractivity contribution in [2.45, 2.75) is 58.8 Å². The van der Waals surface area contributed by atoms with Crippen LogP contribution in [0, 0.1) is 5.92 Å². The van der Waals surface area contributed by atoms with Crippen molar-refractivity contribution in [3.05, 3.63) is 47.7 Å². The highest BCUT2D eigenvalue weighted by atomic mass is 16.5. The fourth-order valence-corrected chi connectivity index (χ4v) is 3.49. The van der Waals surface area contributed by atoms with Crippen molar-refractivity contribution in [3.63, 3.8) is 0 Å². The molecule has 7 heteroatoms. The SMILES string of the molecule is COc1ccc(CN(Cc2nc(C(=O)NCC3CCCO3)co2)C(C)C(C)C)cc1. The second kappa shape index (κ2) is 10.6. The van der Waals surface area contributed by atoms with Gasteiger partial charge in [0.25, 0.3) is 5.91 Å². The topological polar surface area (TPSA) is 76.8 Å². The summed E-state index contributed by atoms with van der Waals surface area (Å²) in [6.45, 7) is 9.17. The van der Waals surface area contributed by atoms with Crippen molar-refractivity contribution in [1.82, 2.24) is 15.2 Å². The molecule has 1 aromatic heterocycles. The lowest BCUT2D eigenvalue weighted by molar-refractivity contribution is 0.0853. The standard InChI is InChI=1S/C23H33N3O4/c1-16(2)17(3)26(13-18-7-9-19(28-4)10-8-18)14-22-25-21(15-30-22)23(27)24-12-20-6-5-11-29-20/h7-10,15-17,20H,5-6,11-14H2,1-4H3,(H,24,27). The van der Waals surface area contributed by atoms with E-state index in [1.165, 1.54) is 11.8 Å². The van der Waals surface area contributed by atoms with Gasteiger partial charge in [0.1, 0.15) is 12.0 Å². The van der Waals surface area contributed by atoms with Crippen LogP contribution < -0.4 is 10.1 Å². The summed E-state index contributed by atoms with van der Waals surface area (Å²) in [5.74, 6) is 1.62. The monoisotopic (exact) mass is 415 g/mol. The van der Waals surface area contributed by atoms with E-state index in [1.807, 2.05) is 12.1 Å². The van der Waals surface area contributed by atoms with Crippen molar-refractivity contribution in [3.8, 4) is 5.75 Å². The summed E-state index contributed by atoms with van der Waals surface area (Å²) >= 11 is 0. The third kappa shape index (κ3) is 6.06. The summed E-state index contributed by atoms with van der Waals surface area (Å²) in [5, 5.41) is 2.89. The van der Waals surface area contributed by atoms with Gasteiger partial charge in [-0.25, -0.2) is 4.98 Å². The molecule has 0 saturated carbocycles. The average molecular weight is 416 g/mol. The maximum absolute atomic E-state index is 12.4. The number of methoxy groups -OCH3 is 1. The lowest BCUT2D eigenvalue weighted by Crippen LogP contribution is -2.36. The molecule has 1 aliphatic heterocycles. The van der Waals surface area contributed by atoms with Crippen molar-refractivity contribution < 1.29 is 18.7 Å². The number of benzene rings is 1. The Morgan fingerprint density at radius 1 is 1.27 bits per heavy atom. The predicted octanol–water partition coefficient (Wildman–Crippen LogP) is 3.64. The molecule has 1 N–H and O–H groups in total. The average Bonchev–Trinajstić information content (AvgIpc) is 3.43. The van der Waals surface area contributed by atoms with Crippen LogP contribution in [0.1, 0.15) is 55.6 Å². The van der Waals surface area contributed by atoms with Crippen LogP contribution in [0.25, 0.3) is 0 Å². The van der Waals surface area contributed by atoms with Crippen molar-refractivity contribution in [2.24, 2.45) is 5.92 Å². The maximum atomic E-state index is 12.4. The number of nitrogens with zero attached hydrogens (tertiary/aromatic N) is 2. The first kappa shape index (κ1) is 22.3. The minimum atomic E-state index is -0.223. The van der Waals surface area contributed by atoms with Crippen LogP contribution in [0.3, 0.4) is 0 Å². The first-order chi connectivity index (χ1) is 14.5. The number of amides is 1. The van der Waals surface area contributed by atoms with E-state index in [-0.39, 0.29) is 12.0 Å². The van der Waals surface area contributed by atoms with Crippen LogP contribution in [-0.4, -0.2) is 48.2 Å². The second-order valence-electron chi connectivity index (χ2n) is 8.21. The molecule has 0 spiro atoms. The Morgan fingerprint density at radius 3 is 2.67 bits per heavy atom. The van der Waals surface area contributed by atoms with E-state index in [9.17, 15) is 4.79 Å². The van der Waals surface area contributed by atoms with E-state index >= 15 is 0 Å². The molecule has 164 valence electrons. The minimum absolute atomic E-state index is 0.104. The Labute approximate surface area is 178 Å². The summed E-state index contributed by atoms with van der Waals surface area (Å²) in [4.78, 5) is 19.1. The number of hydrogen-bond donors (Lipinski definition) is 1. The van der Waals surface area contributed by atoms with Crippen LogP contribution in [0.15, 0.2) is 34.9 Å². The Bertz CT molecular complexity index is 797. The molecule has 1 aromatic carbocycles. The molecule has 1 saturated heterocycles. The Hall–Kier alpha value is -2.38. The summed E-state index contributed by atoms with van der Waals surface area (Å²) in [5.41, 5.74) is 1.49. The first-order valence-electron chi connectivity index (χ1n) is 10.7. The molecule has 1 fully saturated rings. The number of nitrogens with one attached hydrogen (secondary N) is 1. The van der Waals surface area contributed by atoms with Gasteiger partial charge in [0, 0.05) is 25.7 Å². The predicted molar refractivity (Wildman–Crippen MR) is 114 cm³/mol. The third-order valence-electron chi connectivity index (χ3n) is 5.72. The second-order valence-corrected chi connectivity index (χ2v) is 8.21. The van der Waals surface area contributed by atoms with Crippen LogP contribution in [0.5, 0.6) is 5.75 Å². The molecule has 0 bridgehead atoms. The summed E-state index contributed by atoms with van der Waals surface area (Å²) < 4.78 is 16.4. The Kier molecular flexibility index (Phi) is 7.87. The molecule has 3 rings (SSSR count). The van der Waals surface area contributed by atoms with E-state index in [2.05, 4.69) is 48.1 Å². The highest BCUT2D eigenvalue weighted by Gasteiger charge is 2.22. The van der Waals surface area contributed by atoms with Gasteiger partial charge in [-0.1, -0.05) is 26.0 Å². The molecule has 1 aliphatic rings.